The van der Waals surface area contributed by atoms with E-state index in [4.69, 9.17) is 0 Å². The molecule has 6 nitrogen and oxygen atoms in total. The largest absolute Gasteiger partial charge is 0.325 e. The quantitative estimate of drug-likeness (QED) is 0.539. The van der Waals surface area contributed by atoms with Crippen molar-refractivity contribution < 1.29 is 14.4 Å². The van der Waals surface area contributed by atoms with Gasteiger partial charge in [-0.05, 0) is 50.4 Å². The van der Waals surface area contributed by atoms with Crippen LogP contribution in [0, 0.1) is 19.8 Å². The molecule has 0 radical (unpaired) electrons. The Morgan fingerprint density at radius 3 is 2.47 bits per heavy atom. The van der Waals surface area contributed by atoms with Crippen LogP contribution in [0.15, 0.2) is 66.7 Å². The molecule has 2 amide bonds. The van der Waals surface area contributed by atoms with Crippen LogP contribution in [0.25, 0.3) is 0 Å². The van der Waals surface area contributed by atoms with E-state index < -0.39 is 16.9 Å². The van der Waals surface area contributed by atoms with Gasteiger partial charge in [0.05, 0.1) is 5.92 Å². The number of hydrogen-bond acceptors (Lipinski definition) is 4. The van der Waals surface area contributed by atoms with Gasteiger partial charge in [0.2, 0.25) is 5.91 Å². The van der Waals surface area contributed by atoms with Gasteiger partial charge in [-0.3, -0.25) is 19.3 Å². The van der Waals surface area contributed by atoms with Crippen LogP contribution in [-0.2, 0) is 20.5 Å². The molecule has 4 aliphatic rings. The Bertz CT molecular complexity index is 1480. The number of ketones is 1. The molecule has 2 saturated heterocycles. The molecule has 0 aromatic heterocycles. The summed E-state index contributed by atoms with van der Waals surface area (Å²) >= 11 is 0. The smallest absolute Gasteiger partial charge is 0.251 e. The van der Waals surface area contributed by atoms with E-state index in [2.05, 4.69) is 21.6 Å². The van der Waals surface area contributed by atoms with Gasteiger partial charge in [0.25, 0.3) is 5.91 Å². The molecule has 0 saturated carbocycles. The van der Waals surface area contributed by atoms with Gasteiger partial charge in [0.15, 0.2) is 5.78 Å². The number of carbonyl (C=O) groups is 3. The highest BCUT2D eigenvalue weighted by Gasteiger charge is 2.81. The molecule has 0 unspecified atom stereocenters. The summed E-state index contributed by atoms with van der Waals surface area (Å²) < 4.78 is 0. The standard InChI is InChI=1S/C30H27N3O3/c1-17-15-18(2)25-21(16-17)30(28(36)32-25)29(20-11-6-7-12-22(20)31-27(29)35)24(23-13-8-14-33(23)30)26(34)19-9-4-3-5-10-19/h3-7,9-12,15-16,23-24H,8,13-14H2,1-2H3,(H,31,35)(H,32,36)/t23-,24-,29+,30+/m0/s1. The molecule has 7 rings (SSSR count). The van der Waals surface area contributed by atoms with Crippen molar-refractivity contribution in [3.05, 3.63) is 94.5 Å². The van der Waals surface area contributed by atoms with Crippen molar-refractivity contribution in [2.45, 2.75) is 43.7 Å². The molecule has 3 aromatic rings. The zero-order valence-electron chi connectivity index (χ0n) is 20.3. The highest BCUT2D eigenvalue weighted by atomic mass is 16.2. The summed E-state index contributed by atoms with van der Waals surface area (Å²) in [6.45, 7) is 4.66. The summed E-state index contributed by atoms with van der Waals surface area (Å²) in [4.78, 5) is 45.5. The third-order valence-corrected chi connectivity index (χ3v) is 8.89. The lowest BCUT2D eigenvalue weighted by Crippen LogP contribution is -2.62. The minimum absolute atomic E-state index is 0.0816. The van der Waals surface area contributed by atoms with Crippen molar-refractivity contribution in [1.29, 1.82) is 0 Å². The molecule has 2 fully saturated rings. The number of nitrogens with zero attached hydrogens (tertiary/aromatic N) is 1. The predicted octanol–water partition coefficient (Wildman–Crippen LogP) is 4.32. The number of anilines is 2. The first-order valence-electron chi connectivity index (χ1n) is 12.6. The number of benzene rings is 3. The van der Waals surface area contributed by atoms with Crippen molar-refractivity contribution in [3.63, 3.8) is 0 Å². The van der Waals surface area contributed by atoms with Crippen molar-refractivity contribution in [3.8, 4) is 0 Å². The van der Waals surface area contributed by atoms with E-state index in [1.54, 1.807) is 0 Å². The maximum absolute atomic E-state index is 14.5. The number of carbonyl (C=O) groups excluding carboxylic acids is 3. The predicted molar refractivity (Wildman–Crippen MR) is 137 cm³/mol. The van der Waals surface area contributed by atoms with E-state index in [1.165, 1.54) is 0 Å². The normalized spacial score (nSPS) is 29.8. The van der Waals surface area contributed by atoms with Crippen molar-refractivity contribution in [1.82, 2.24) is 4.90 Å². The highest BCUT2D eigenvalue weighted by molar-refractivity contribution is 6.21. The zero-order valence-corrected chi connectivity index (χ0v) is 20.3. The van der Waals surface area contributed by atoms with E-state index in [0.29, 0.717) is 17.8 Å². The summed E-state index contributed by atoms with van der Waals surface area (Å²) in [5, 5.41) is 6.26. The second-order valence-corrected chi connectivity index (χ2v) is 10.6. The Kier molecular flexibility index (Phi) is 4.26. The minimum atomic E-state index is -1.39. The second kappa shape index (κ2) is 7.14. The number of hydrogen-bond donors (Lipinski definition) is 2. The van der Waals surface area contributed by atoms with Crippen LogP contribution >= 0.6 is 0 Å². The summed E-state index contributed by atoms with van der Waals surface area (Å²) in [5.74, 6) is -1.27. The molecule has 2 N–H and O–H groups in total. The number of Topliss-reactive ketones (excluding diaryl/α,β-unsaturated/α-hetero) is 1. The van der Waals surface area contributed by atoms with Gasteiger partial charge in [-0.15, -0.1) is 0 Å². The molecule has 4 heterocycles. The number of amides is 2. The number of rotatable bonds is 2. The summed E-state index contributed by atoms with van der Waals surface area (Å²) in [6.07, 6.45) is 1.63. The lowest BCUT2D eigenvalue weighted by molar-refractivity contribution is -0.137. The molecule has 4 aliphatic heterocycles. The minimum Gasteiger partial charge on any atom is -0.325 e. The molecular weight excluding hydrogens is 450 g/mol. The van der Waals surface area contributed by atoms with Crippen molar-refractivity contribution in [2.24, 2.45) is 5.92 Å². The van der Waals surface area contributed by atoms with Gasteiger partial charge in [-0.1, -0.05) is 66.2 Å². The average molecular weight is 478 g/mol. The first kappa shape index (κ1) is 21.5. The van der Waals surface area contributed by atoms with E-state index in [0.717, 1.165) is 40.8 Å². The van der Waals surface area contributed by atoms with Gasteiger partial charge in [0, 0.05) is 28.5 Å². The van der Waals surface area contributed by atoms with Crippen LogP contribution in [0.3, 0.4) is 0 Å². The molecule has 0 aliphatic carbocycles. The molecule has 3 aromatic carbocycles. The fourth-order valence-electron chi connectivity index (χ4n) is 7.82. The fourth-order valence-corrected chi connectivity index (χ4v) is 7.82. The third kappa shape index (κ3) is 2.29. The number of nitrogens with one attached hydrogen (secondary N) is 2. The lowest BCUT2D eigenvalue weighted by Gasteiger charge is -2.43. The Morgan fingerprint density at radius 2 is 1.67 bits per heavy atom. The topological polar surface area (TPSA) is 78.5 Å². The van der Waals surface area contributed by atoms with Crippen molar-refractivity contribution in [2.75, 3.05) is 17.2 Å². The maximum Gasteiger partial charge on any atom is 0.251 e. The molecule has 2 spiro atoms. The van der Waals surface area contributed by atoms with Crippen LogP contribution < -0.4 is 10.6 Å². The lowest BCUT2D eigenvalue weighted by atomic mass is 9.57. The zero-order chi connectivity index (χ0) is 24.8. The van der Waals surface area contributed by atoms with Crippen LogP contribution in [0.2, 0.25) is 0 Å². The van der Waals surface area contributed by atoms with Gasteiger partial charge in [-0.2, -0.15) is 0 Å². The SMILES string of the molecule is Cc1cc(C)c2c(c1)[C@]1(C(=O)N2)N2CCC[C@H]2[C@@H](C(=O)c2ccccc2)[C@]12C(=O)Nc1ccccc12. The first-order chi connectivity index (χ1) is 17.4. The van der Waals surface area contributed by atoms with E-state index >= 15 is 0 Å². The van der Waals surface area contributed by atoms with Crippen LogP contribution in [0.1, 0.15) is 45.5 Å². The Morgan fingerprint density at radius 1 is 0.917 bits per heavy atom. The van der Waals surface area contributed by atoms with Gasteiger partial charge in [-0.25, -0.2) is 0 Å². The Hall–Kier alpha value is -3.77. The third-order valence-electron chi connectivity index (χ3n) is 8.89. The summed E-state index contributed by atoms with van der Waals surface area (Å²) in [7, 11) is 0. The van der Waals surface area contributed by atoms with Crippen LogP contribution in [0.4, 0.5) is 11.4 Å². The van der Waals surface area contributed by atoms with E-state index in [1.807, 2.05) is 74.5 Å². The molecule has 180 valence electrons. The Balaban J connectivity index is 1.62. The highest BCUT2D eigenvalue weighted by Crippen LogP contribution is 2.68. The van der Waals surface area contributed by atoms with Gasteiger partial charge >= 0.3 is 0 Å². The molecule has 4 atom stereocenters. The molecule has 36 heavy (non-hydrogen) atoms. The van der Waals surface area contributed by atoms with Gasteiger partial charge in [0.1, 0.15) is 11.0 Å². The number of fused-ring (bicyclic) bond motifs is 7. The van der Waals surface area contributed by atoms with Gasteiger partial charge < -0.3 is 10.6 Å². The van der Waals surface area contributed by atoms with E-state index in [9.17, 15) is 14.4 Å². The number of aryl methyl sites for hydroxylation is 2. The maximum atomic E-state index is 14.5. The molecular formula is C30H27N3O3. The van der Waals surface area contributed by atoms with Crippen LogP contribution in [-0.4, -0.2) is 35.1 Å². The van der Waals surface area contributed by atoms with Crippen LogP contribution in [0.5, 0.6) is 0 Å². The van der Waals surface area contributed by atoms with Crippen molar-refractivity contribution >= 4 is 29.0 Å². The summed E-state index contributed by atoms with van der Waals surface area (Å²) in [5.41, 5.74) is 2.85. The Labute approximate surface area is 209 Å². The monoisotopic (exact) mass is 477 g/mol. The van der Waals surface area contributed by atoms with E-state index in [-0.39, 0.29) is 23.6 Å². The summed E-state index contributed by atoms with van der Waals surface area (Å²) in [6, 6.07) is 20.7. The first-order valence-corrected chi connectivity index (χ1v) is 12.6. The fraction of sp³-hybridized carbons (Fsp3) is 0.300. The molecule has 6 heteroatoms. The molecule has 0 bridgehead atoms. The average Bonchev–Trinajstić information content (AvgIpc) is 3.59. The number of para-hydroxylation sites is 1. The second-order valence-electron chi connectivity index (χ2n) is 10.6.